The molecule has 1 saturated carbocycles. The lowest BCUT2D eigenvalue weighted by Gasteiger charge is -2.36. The maximum absolute atomic E-state index is 12.4. The highest BCUT2D eigenvalue weighted by Gasteiger charge is 2.35. The highest BCUT2D eigenvalue weighted by atomic mass is 35.5. The maximum Gasteiger partial charge on any atom is 0.136 e. The predicted octanol–water partition coefficient (Wildman–Crippen LogP) is 4.54. The maximum atomic E-state index is 12.4. The highest BCUT2D eigenvalue weighted by molar-refractivity contribution is 7.90. The van der Waals surface area contributed by atoms with Crippen LogP contribution in [0.2, 0.25) is 5.02 Å². The van der Waals surface area contributed by atoms with Crippen molar-refractivity contribution in [2.45, 2.75) is 57.7 Å². The molecule has 0 amide bonds. The quantitative estimate of drug-likeness (QED) is 0.828. The first-order valence-electron chi connectivity index (χ1n) is 7.23. The third-order valence-corrected chi connectivity index (χ3v) is 5.96. The van der Waals surface area contributed by atoms with Crippen LogP contribution in [0.5, 0.6) is 0 Å². The molecule has 0 radical (unpaired) electrons. The SMILES string of the molecule is Cc1cc([C@@H](N[S+]([O-])C(C)(C)C)C2CCC2)ccc1Cl. The molecule has 1 N–H and O–H groups in total. The van der Waals surface area contributed by atoms with Crippen LogP contribution in [0.15, 0.2) is 18.2 Å². The first kappa shape index (κ1) is 16.2. The van der Waals surface area contributed by atoms with Gasteiger partial charge in [-0.2, -0.15) is 0 Å². The van der Waals surface area contributed by atoms with Gasteiger partial charge in [0.25, 0.3) is 0 Å². The molecule has 2 atom stereocenters. The fraction of sp³-hybridized carbons (Fsp3) is 0.625. The van der Waals surface area contributed by atoms with E-state index in [2.05, 4.69) is 16.9 Å². The number of halogens is 1. The van der Waals surface area contributed by atoms with Crippen LogP contribution < -0.4 is 4.72 Å². The van der Waals surface area contributed by atoms with Crippen LogP contribution in [0.4, 0.5) is 0 Å². The van der Waals surface area contributed by atoms with Gasteiger partial charge >= 0.3 is 0 Å². The van der Waals surface area contributed by atoms with Crippen molar-refractivity contribution in [1.29, 1.82) is 0 Å². The zero-order chi connectivity index (χ0) is 14.9. The number of hydrogen-bond acceptors (Lipinski definition) is 2. The van der Waals surface area contributed by atoms with Crippen LogP contribution in [0.25, 0.3) is 0 Å². The lowest BCUT2D eigenvalue weighted by Crippen LogP contribution is -2.44. The normalized spacial score (nSPS) is 19.5. The van der Waals surface area contributed by atoms with E-state index in [4.69, 9.17) is 11.6 Å². The molecule has 0 bridgehead atoms. The Hall–Kier alpha value is -0.220. The second-order valence-electron chi connectivity index (χ2n) is 6.68. The van der Waals surface area contributed by atoms with Gasteiger partial charge in [-0.05, 0) is 63.6 Å². The largest absolute Gasteiger partial charge is 0.598 e. The molecule has 1 aromatic carbocycles. The molecule has 4 heteroatoms. The standard InChI is InChI=1S/C16H24ClNOS/c1-11-10-13(8-9-14(11)17)15(12-6-5-7-12)18-20(19)16(2,3)4/h8-10,12,15,18H,5-7H2,1-4H3/t15-,20?/m0/s1. The summed E-state index contributed by atoms with van der Waals surface area (Å²) in [7, 11) is 0. The topological polar surface area (TPSA) is 35.1 Å². The Morgan fingerprint density at radius 2 is 2.00 bits per heavy atom. The molecule has 2 nitrogen and oxygen atoms in total. The van der Waals surface area contributed by atoms with E-state index in [1.807, 2.05) is 33.8 Å². The van der Waals surface area contributed by atoms with Gasteiger partial charge in [0, 0.05) is 16.4 Å². The lowest BCUT2D eigenvalue weighted by molar-refractivity contribution is 0.250. The molecule has 1 aliphatic rings. The second kappa shape index (κ2) is 6.27. The van der Waals surface area contributed by atoms with Gasteiger partial charge in [-0.1, -0.05) is 30.2 Å². The molecule has 1 aromatic rings. The zero-order valence-corrected chi connectivity index (χ0v) is 14.3. The summed E-state index contributed by atoms with van der Waals surface area (Å²) in [5.41, 5.74) is 2.28. The van der Waals surface area contributed by atoms with Crippen molar-refractivity contribution in [2.24, 2.45) is 5.92 Å². The summed E-state index contributed by atoms with van der Waals surface area (Å²) in [5.74, 6) is 0.585. The molecule has 1 fully saturated rings. The van der Waals surface area contributed by atoms with Crippen LogP contribution >= 0.6 is 11.6 Å². The highest BCUT2D eigenvalue weighted by Crippen LogP contribution is 2.39. The first-order chi connectivity index (χ1) is 9.29. The third kappa shape index (κ3) is 3.70. The fourth-order valence-corrected chi connectivity index (χ4v) is 3.39. The zero-order valence-electron chi connectivity index (χ0n) is 12.7. The average Bonchev–Trinajstić information content (AvgIpc) is 2.28. The van der Waals surface area contributed by atoms with E-state index in [0.717, 1.165) is 10.6 Å². The van der Waals surface area contributed by atoms with Gasteiger partial charge in [0.05, 0.1) is 6.04 Å². The molecule has 1 aliphatic carbocycles. The van der Waals surface area contributed by atoms with E-state index in [-0.39, 0.29) is 10.8 Å². The van der Waals surface area contributed by atoms with Crippen molar-refractivity contribution in [3.05, 3.63) is 34.3 Å². The summed E-state index contributed by atoms with van der Waals surface area (Å²) in [4.78, 5) is 0. The van der Waals surface area contributed by atoms with E-state index in [0.29, 0.717) is 5.92 Å². The van der Waals surface area contributed by atoms with Gasteiger partial charge in [-0.25, -0.2) is 0 Å². The Labute approximate surface area is 130 Å². The van der Waals surface area contributed by atoms with Crippen molar-refractivity contribution >= 4 is 23.0 Å². The summed E-state index contributed by atoms with van der Waals surface area (Å²) in [5, 5.41) is 0.790. The van der Waals surface area contributed by atoms with E-state index >= 15 is 0 Å². The van der Waals surface area contributed by atoms with E-state index < -0.39 is 11.4 Å². The van der Waals surface area contributed by atoms with Crippen LogP contribution in [-0.2, 0) is 11.4 Å². The van der Waals surface area contributed by atoms with Crippen molar-refractivity contribution < 1.29 is 4.55 Å². The number of hydrogen-bond donors (Lipinski definition) is 1. The molecular formula is C16H24ClNOS. The molecule has 0 aliphatic heterocycles. The summed E-state index contributed by atoms with van der Waals surface area (Å²) < 4.78 is 15.5. The monoisotopic (exact) mass is 313 g/mol. The Kier molecular flexibility index (Phi) is 5.06. The van der Waals surface area contributed by atoms with Crippen molar-refractivity contribution in [3.63, 3.8) is 0 Å². The minimum atomic E-state index is -1.05. The smallest absolute Gasteiger partial charge is 0.136 e. The van der Waals surface area contributed by atoms with Crippen LogP contribution in [0.3, 0.4) is 0 Å². The molecular weight excluding hydrogens is 290 g/mol. The molecule has 0 spiro atoms. The van der Waals surface area contributed by atoms with Crippen molar-refractivity contribution in [2.75, 3.05) is 0 Å². The molecule has 0 aromatic heterocycles. The van der Waals surface area contributed by atoms with E-state index in [1.165, 1.54) is 24.8 Å². The predicted molar refractivity (Wildman–Crippen MR) is 87.3 cm³/mol. The lowest BCUT2D eigenvalue weighted by atomic mass is 9.77. The Morgan fingerprint density at radius 1 is 1.35 bits per heavy atom. The molecule has 2 rings (SSSR count). The number of benzene rings is 1. The Balaban J connectivity index is 2.21. The first-order valence-corrected chi connectivity index (χ1v) is 8.76. The Bertz CT molecular complexity index is 468. The minimum absolute atomic E-state index is 0.166. The van der Waals surface area contributed by atoms with E-state index in [1.54, 1.807) is 0 Å². The van der Waals surface area contributed by atoms with Crippen molar-refractivity contribution in [1.82, 2.24) is 4.72 Å². The summed E-state index contributed by atoms with van der Waals surface area (Å²) >= 11 is 5.06. The van der Waals surface area contributed by atoms with Crippen LogP contribution in [-0.4, -0.2) is 9.30 Å². The number of rotatable bonds is 4. The third-order valence-electron chi connectivity index (χ3n) is 3.95. The van der Waals surface area contributed by atoms with E-state index in [9.17, 15) is 4.55 Å². The summed E-state index contributed by atoms with van der Waals surface area (Å²) in [6.07, 6.45) is 3.69. The van der Waals surface area contributed by atoms with Gasteiger partial charge in [0.1, 0.15) is 4.75 Å². The summed E-state index contributed by atoms with van der Waals surface area (Å²) in [6.45, 7) is 8.02. The van der Waals surface area contributed by atoms with Gasteiger partial charge < -0.3 is 4.55 Å². The second-order valence-corrected chi connectivity index (χ2v) is 9.08. The average molecular weight is 314 g/mol. The molecule has 0 saturated heterocycles. The molecule has 112 valence electrons. The minimum Gasteiger partial charge on any atom is -0.598 e. The van der Waals surface area contributed by atoms with Crippen molar-refractivity contribution in [3.8, 4) is 0 Å². The van der Waals surface area contributed by atoms with Gasteiger partial charge in [0.15, 0.2) is 0 Å². The van der Waals surface area contributed by atoms with Gasteiger partial charge in [0.2, 0.25) is 0 Å². The summed E-state index contributed by atoms with van der Waals surface area (Å²) in [6, 6.07) is 6.29. The van der Waals surface area contributed by atoms with Gasteiger partial charge in [-0.3, -0.25) is 0 Å². The molecule has 0 heterocycles. The number of aryl methyl sites for hydroxylation is 1. The van der Waals surface area contributed by atoms with Crippen LogP contribution in [0.1, 0.15) is 57.2 Å². The molecule has 1 unspecified atom stereocenters. The Morgan fingerprint density at radius 3 is 2.45 bits per heavy atom. The molecule has 20 heavy (non-hydrogen) atoms. The fourth-order valence-electron chi connectivity index (χ4n) is 2.36. The van der Waals surface area contributed by atoms with Crippen LogP contribution in [0, 0.1) is 12.8 Å². The van der Waals surface area contributed by atoms with Gasteiger partial charge in [-0.15, -0.1) is 4.72 Å². The number of nitrogens with one attached hydrogen (secondary N) is 1.